The van der Waals surface area contributed by atoms with Crippen LogP contribution in [0.4, 0.5) is 0 Å². The third-order valence-electron chi connectivity index (χ3n) is 16.1. The first-order valence-corrected chi connectivity index (χ1v) is 27.2. The maximum atomic E-state index is 6.46. The van der Waals surface area contributed by atoms with Crippen LogP contribution >= 0.6 is 0 Å². The second-order valence-electron chi connectivity index (χ2n) is 22.0. The van der Waals surface area contributed by atoms with Crippen molar-refractivity contribution >= 4 is 87.5 Å². The molecule has 7 nitrogen and oxygen atoms in total. The summed E-state index contributed by atoms with van der Waals surface area (Å²) in [7, 11) is 0. The summed E-state index contributed by atoms with van der Waals surface area (Å²) in [4.78, 5) is 16.1. The van der Waals surface area contributed by atoms with Crippen LogP contribution in [0.1, 0.15) is 26.3 Å². The Morgan fingerprint density at radius 1 is 0.300 bits per heavy atom. The molecule has 378 valence electrons. The number of hydrogen-bond acceptors (Lipinski definition) is 5. The maximum Gasteiger partial charge on any atom is 0.164 e. The molecule has 0 aliphatic rings. The van der Waals surface area contributed by atoms with E-state index >= 15 is 0 Å². The van der Waals surface area contributed by atoms with Gasteiger partial charge in [-0.1, -0.05) is 172 Å². The molecule has 11 aromatic carbocycles. The summed E-state index contributed by atoms with van der Waals surface area (Å²) in [5.74, 6) is 1.59. The minimum atomic E-state index is -0.0863. The van der Waals surface area contributed by atoms with Gasteiger partial charge in [0.2, 0.25) is 0 Å². The van der Waals surface area contributed by atoms with E-state index in [0.717, 1.165) is 105 Å². The van der Waals surface area contributed by atoms with Crippen molar-refractivity contribution in [3.05, 3.63) is 248 Å². The minimum Gasteiger partial charge on any atom is -0.456 e. The molecule has 0 amide bonds. The van der Waals surface area contributed by atoms with Gasteiger partial charge in [-0.15, -0.1) is 0 Å². The van der Waals surface area contributed by atoms with Crippen LogP contribution in [0.25, 0.3) is 155 Å². The molecule has 7 heteroatoms. The summed E-state index contributed by atoms with van der Waals surface area (Å²) in [5, 5.41) is 9.02. The van der Waals surface area contributed by atoms with Gasteiger partial charge in [0.05, 0.1) is 27.8 Å². The van der Waals surface area contributed by atoms with Gasteiger partial charge in [0.25, 0.3) is 0 Å². The third-order valence-corrected chi connectivity index (χ3v) is 16.1. The standard InChI is InChI=1S/C73H49N5O2/c1-73(2,3)49-32-36-63-59(42-49)60-43-50(77-61-26-14-10-22-51(61)52-23-11-15-27-62(52)77)33-37-64(60)78(63)69-57(44-18-6-4-7-19-44)38-48(39-58(69)45-20-8-5-9-21-45)72-75-70(46-30-34-55-53-24-12-16-28-65(53)79-67(55)40-46)74-71(76-72)47-31-35-56-54-25-13-17-29-66(54)80-68(56)41-47/h4-43H,1-3H3. The van der Waals surface area contributed by atoms with Gasteiger partial charge in [-0.05, 0) is 113 Å². The lowest BCUT2D eigenvalue weighted by molar-refractivity contribution is 0.591. The van der Waals surface area contributed by atoms with Crippen molar-refractivity contribution < 1.29 is 8.83 Å². The zero-order valence-corrected chi connectivity index (χ0v) is 44.1. The Morgan fingerprint density at radius 3 is 1.25 bits per heavy atom. The van der Waals surface area contributed by atoms with Crippen LogP contribution in [0.15, 0.2) is 251 Å². The number of fused-ring (bicyclic) bond motifs is 12. The molecular weight excluding hydrogens is 979 g/mol. The minimum absolute atomic E-state index is 0.0863. The Balaban J connectivity index is 0.972. The van der Waals surface area contributed by atoms with Gasteiger partial charge in [0, 0.05) is 76.6 Å². The SMILES string of the molecule is CC(C)(C)c1ccc2c(c1)c1cc(-n3c4ccccc4c4ccccc43)ccc1n2-c1c(-c2ccccc2)cc(-c2nc(-c3ccc4c(c3)oc3ccccc34)nc(-c3ccc4c(c3)oc3ccccc34)n2)cc1-c1ccccc1. The normalized spacial score (nSPS) is 12.2. The van der Waals surface area contributed by atoms with Crippen molar-refractivity contribution in [3.63, 3.8) is 0 Å². The van der Waals surface area contributed by atoms with Gasteiger partial charge in [-0.3, -0.25) is 0 Å². The molecule has 0 aliphatic carbocycles. The van der Waals surface area contributed by atoms with Crippen molar-refractivity contribution in [2.75, 3.05) is 0 Å². The molecule has 80 heavy (non-hydrogen) atoms. The summed E-state index contributed by atoms with van der Waals surface area (Å²) in [5.41, 5.74) is 17.8. The first-order valence-electron chi connectivity index (χ1n) is 27.2. The predicted octanol–water partition coefficient (Wildman–Crippen LogP) is 19.5. The number of benzene rings is 11. The topological polar surface area (TPSA) is 74.8 Å². The molecule has 0 N–H and O–H groups in total. The monoisotopic (exact) mass is 1030 g/mol. The van der Waals surface area contributed by atoms with E-state index in [1.165, 1.54) is 38.1 Å². The summed E-state index contributed by atoms with van der Waals surface area (Å²) in [6, 6.07) is 86.4. The molecule has 0 aliphatic heterocycles. The average molecular weight is 1030 g/mol. The van der Waals surface area contributed by atoms with E-state index < -0.39 is 0 Å². The first-order chi connectivity index (χ1) is 39.3. The van der Waals surface area contributed by atoms with Crippen LogP contribution in [0, 0.1) is 0 Å². The van der Waals surface area contributed by atoms with Crippen LogP contribution in [0.2, 0.25) is 0 Å². The molecule has 5 heterocycles. The third kappa shape index (κ3) is 7.24. The molecule has 0 spiro atoms. The molecule has 0 radical (unpaired) electrons. The van der Waals surface area contributed by atoms with E-state index in [1.54, 1.807) is 0 Å². The van der Waals surface area contributed by atoms with Crippen LogP contribution in [0.3, 0.4) is 0 Å². The summed E-state index contributed by atoms with van der Waals surface area (Å²) >= 11 is 0. The summed E-state index contributed by atoms with van der Waals surface area (Å²) < 4.78 is 17.8. The van der Waals surface area contributed by atoms with Gasteiger partial charge in [-0.25, -0.2) is 15.0 Å². The van der Waals surface area contributed by atoms with Crippen LogP contribution in [0.5, 0.6) is 0 Å². The molecule has 5 aromatic heterocycles. The number of para-hydroxylation sites is 4. The Bertz CT molecular complexity index is 4920. The fraction of sp³-hybridized carbons (Fsp3) is 0.0548. The lowest BCUT2D eigenvalue weighted by Gasteiger charge is -2.22. The number of rotatable bonds is 7. The quantitative estimate of drug-likeness (QED) is 0.159. The predicted molar refractivity (Wildman–Crippen MR) is 329 cm³/mol. The molecule has 0 saturated carbocycles. The Labute approximate surface area is 460 Å². The van der Waals surface area contributed by atoms with Crippen molar-refractivity contribution in [1.29, 1.82) is 0 Å². The van der Waals surface area contributed by atoms with Gasteiger partial charge >= 0.3 is 0 Å². The number of hydrogen-bond donors (Lipinski definition) is 0. The van der Waals surface area contributed by atoms with Gasteiger partial charge in [0.1, 0.15) is 22.3 Å². The lowest BCUT2D eigenvalue weighted by atomic mass is 9.86. The van der Waals surface area contributed by atoms with Gasteiger partial charge in [-0.2, -0.15) is 0 Å². The highest BCUT2D eigenvalue weighted by atomic mass is 16.3. The Hall–Kier alpha value is -10.4. The smallest absolute Gasteiger partial charge is 0.164 e. The zero-order chi connectivity index (χ0) is 53.2. The molecule has 0 fully saturated rings. The van der Waals surface area contributed by atoms with Crippen LogP contribution in [-0.2, 0) is 5.41 Å². The lowest BCUT2D eigenvalue weighted by Crippen LogP contribution is -2.10. The van der Waals surface area contributed by atoms with Crippen LogP contribution in [-0.4, -0.2) is 24.1 Å². The highest BCUT2D eigenvalue weighted by molar-refractivity contribution is 6.14. The van der Waals surface area contributed by atoms with Crippen molar-refractivity contribution in [2.45, 2.75) is 26.2 Å². The average Bonchev–Trinajstić information content (AvgIpc) is 4.46. The van der Waals surface area contributed by atoms with Crippen molar-refractivity contribution in [3.8, 4) is 67.8 Å². The number of furan rings is 2. The molecular formula is C73H49N5O2. The van der Waals surface area contributed by atoms with E-state index in [4.69, 9.17) is 23.8 Å². The molecule has 0 saturated heterocycles. The fourth-order valence-corrected chi connectivity index (χ4v) is 12.2. The number of aromatic nitrogens is 5. The van der Waals surface area contributed by atoms with E-state index in [2.05, 4.69) is 236 Å². The van der Waals surface area contributed by atoms with Gasteiger partial charge in [0.15, 0.2) is 17.5 Å². The van der Waals surface area contributed by atoms with Crippen LogP contribution < -0.4 is 0 Å². The van der Waals surface area contributed by atoms with Crippen molar-refractivity contribution in [2.24, 2.45) is 0 Å². The summed E-state index contributed by atoms with van der Waals surface area (Å²) in [6.45, 7) is 6.88. The Morgan fingerprint density at radius 2 is 0.725 bits per heavy atom. The highest BCUT2D eigenvalue weighted by Crippen LogP contribution is 2.46. The zero-order valence-electron chi connectivity index (χ0n) is 44.1. The second-order valence-corrected chi connectivity index (χ2v) is 22.0. The second kappa shape index (κ2) is 17.6. The van der Waals surface area contributed by atoms with E-state index in [1.807, 2.05) is 36.4 Å². The molecule has 0 unspecified atom stereocenters. The largest absolute Gasteiger partial charge is 0.456 e. The van der Waals surface area contributed by atoms with Crippen molar-refractivity contribution in [1.82, 2.24) is 24.1 Å². The molecule has 16 aromatic rings. The Kier molecular flexibility index (Phi) is 10.1. The fourth-order valence-electron chi connectivity index (χ4n) is 12.2. The summed E-state index contributed by atoms with van der Waals surface area (Å²) in [6.07, 6.45) is 0. The molecule has 0 atom stereocenters. The molecule has 16 rings (SSSR count). The van der Waals surface area contributed by atoms with E-state index in [0.29, 0.717) is 17.5 Å². The maximum absolute atomic E-state index is 6.46. The highest BCUT2D eigenvalue weighted by Gasteiger charge is 2.26. The number of nitrogens with zero attached hydrogens (tertiary/aromatic N) is 5. The van der Waals surface area contributed by atoms with E-state index in [9.17, 15) is 0 Å². The first kappa shape index (κ1) is 45.8. The molecule has 0 bridgehead atoms. The van der Waals surface area contributed by atoms with Gasteiger partial charge < -0.3 is 18.0 Å². The van der Waals surface area contributed by atoms with E-state index in [-0.39, 0.29) is 5.41 Å².